The van der Waals surface area contributed by atoms with Gasteiger partial charge in [-0.1, -0.05) is 12.8 Å². The molecule has 1 aromatic carbocycles. The highest BCUT2D eigenvalue weighted by Crippen LogP contribution is 2.34. The van der Waals surface area contributed by atoms with Gasteiger partial charge in [0.25, 0.3) is 0 Å². The molecule has 0 saturated heterocycles. The number of hydrogen-bond donors (Lipinski definition) is 1. The molecule has 5 heteroatoms. The third kappa shape index (κ3) is 4.24. The molecule has 1 fully saturated rings. The molecule has 1 N–H and O–H groups in total. The van der Waals surface area contributed by atoms with E-state index in [1.54, 1.807) is 0 Å². The summed E-state index contributed by atoms with van der Waals surface area (Å²) >= 11 is 1.90. The summed E-state index contributed by atoms with van der Waals surface area (Å²) in [5, 5.41) is 0.740. The second-order valence-electron chi connectivity index (χ2n) is 4.42. The van der Waals surface area contributed by atoms with Crippen molar-refractivity contribution < 1.29 is 8.42 Å². The molecule has 94 valence electrons. The number of sulfonamides is 1. The maximum atomic E-state index is 11.0. The minimum Gasteiger partial charge on any atom is -0.284 e. The van der Waals surface area contributed by atoms with Gasteiger partial charge < -0.3 is 0 Å². The van der Waals surface area contributed by atoms with Crippen LogP contribution in [0.3, 0.4) is 0 Å². The van der Waals surface area contributed by atoms with Crippen LogP contribution in [0.15, 0.2) is 29.2 Å². The molecule has 1 aliphatic carbocycles. The minimum absolute atomic E-state index is 0.628. The molecular weight excluding hydrogens is 254 g/mol. The zero-order valence-electron chi connectivity index (χ0n) is 9.85. The summed E-state index contributed by atoms with van der Waals surface area (Å²) < 4.78 is 24.6. The molecule has 0 heterocycles. The van der Waals surface area contributed by atoms with E-state index in [2.05, 4.69) is 4.72 Å². The van der Waals surface area contributed by atoms with Crippen LogP contribution in [0.1, 0.15) is 25.7 Å². The number of rotatable bonds is 4. The van der Waals surface area contributed by atoms with Crippen molar-refractivity contribution in [3.63, 3.8) is 0 Å². The van der Waals surface area contributed by atoms with E-state index in [1.165, 1.54) is 30.6 Å². The molecular formula is C12H17NO2S2. The molecule has 0 unspecified atom stereocenters. The molecule has 0 spiro atoms. The highest BCUT2D eigenvalue weighted by molar-refractivity contribution is 8.00. The predicted octanol–water partition coefficient (Wildman–Crippen LogP) is 3.09. The molecule has 1 aliphatic rings. The topological polar surface area (TPSA) is 46.2 Å². The van der Waals surface area contributed by atoms with Crippen molar-refractivity contribution in [1.82, 2.24) is 0 Å². The average molecular weight is 271 g/mol. The summed E-state index contributed by atoms with van der Waals surface area (Å²) in [4.78, 5) is 1.22. The van der Waals surface area contributed by atoms with Crippen molar-refractivity contribution in [1.29, 1.82) is 0 Å². The largest absolute Gasteiger partial charge is 0.284 e. The molecule has 0 atom stereocenters. The normalized spacial score (nSPS) is 17.2. The Morgan fingerprint density at radius 1 is 1.18 bits per heavy atom. The number of anilines is 1. The summed E-state index contributed by atoms with van der Waals surface area (Å²) in [6.45, 7) is 0. The van der Waals surface area contributed by atoms with Crippen LogP contribution in [0, 0.1) is 0 Å². The average Bonchev–Trinajstić information content (AvgIpc) is 2.71. The van der Waals surface area contributed by atoms with E-state index in [9.17, 15) is 8.42 Å². The molecule has 2 rings (SSSR count). The second-order valence-corrected chi connectivity index (χ2v) is 7.55. The summed E-state index contributed by atoms with van der Waals surface area (Å²) in [6.07, 6.45) is 6.44. The van der Waals surface area contributed by atoms with Gasteiger partial charge in [-0.15, -0.1) is 11.8 Å². The zero-order chi connectivity index (χ0) is 12.3. The van der Waals surface area contributed by atoms with E-state index in [0.29, 0.717) is 5.69 Å². The van der Waals surface area contributed by atoms with Gasteiger partial charge in [0.05, 0.1) is 6.26 Å². The lowest BCUT2D eigenvalue weighted by Gasteiger charge is -2.09. The maximum Gasteiger partial charge on any atom is 0.229 e. The number of thioether (sulfide) groups is 1. The fourth-order valence-electron chi connectivity index (χ4n) is 2.01. The van der Waals surface area contributed by atoms with Crippen LogP contribution < -0.4 is 4.72 Å². The molecule has 0 aliphatic heterocycles. The molecule has 1 saturated carbocycles. The molecule has 3 nitrogen and oxygen atoms in total. The summed E-state index contributed by atoms with van der Waals surface area (Å²) in [5.41, 5.74) is 0.628. The Morgan fingerprint density at radius 2 is 1.76 bits per heavy atom. The first kappa shape index (κ1) is 12.8. The van der Waals surface area contributed by atoms with E-state index in [0.717, 1.165) is 11.5 Å². The van der Waals surface area contributed by atoms with Gasteiger partial charge in [0, 0.05) is 15.8 Å². The highest BCUT2D eigenvalue weighted by atomic mass is 32.2. The van der Waals surface area contributed by atoms with Crippen LogP contribution >= 0.6 is 11.8 Å². The Kier molecular flexibility index (Phi) is 3.99. The van der Waals surface area contributed by atoms with Crippen LogP contribution in [0.2, 0.25) is 0 Å². The van der Waals surface area contributed by atoms with E-state index >= 15 is 0 Å². The third-order valence-electron chi connectivity index (χ3n) is 2.76. The van der Waals surface area contributed by atoms with Gasteiger partial charge in [0.2, 0.25) is 10.0 Å². The lowest BCUT2D eigenvalue weighted by Crippen LogP contribution is -2.09. The summed E-state index contributed by atoms with van der Waals surface area (Å²) in [6, 6.07) is 7.60. The maximum absolute atomic E-state index is 11.0. The van der Waals surface area contributed by atoms with Gasteiger partial charge in [-0.25, -0.2) is 8.42 Å². The summed E-state index contributed by atoms with van der Waals surface area (Å²) in [5.74, 6) is 0. The highest BCUT2D eigenvalue weighted by Gasteiger charge is 2.15. The van der Waals surface area contributed by atoms with Crippen LogP contribution in [0.4, 0.5) is 5.69 Å². The van der Waals surface area contributed by atoms with E-state index in [-0.39, 0.29) is 0 Å². The van der Waals surface area contributed by atoms with E-state index in [4.69, 9.17) is 0 Å². The van der Waals surface area contributed by atoms with E-state index < -0.39 is 10.0 Å². The lowest BCUT2D eigenvalue weighted by molar-refractivity contribution is 0.607. The molecule has 0 aromatic heterocycles. The Bertz CT molecular complexity index is 462. The van der Waals surface area contributed by atoms with Gasteiger partial charge in [0.15, 0.2) is 0 Å². The SMILES string of the molecule is CS(=O)(=O)Nc1ccc(SC2CCCC2)cc1. The van der Waals surface area contributed by atoms with Gasteiger partial charge in [-0.2, -0.15) is 0 Å². The predicted molar refractivity (Wildman–Crippen MR) is 73.0 cm³/mol. The van der Waals surface area contributed by atoms with Crippen molar-refractivity contribution >= 4 is 27.5 Å². The van der Waals surface area contributed by atoms with Crippen molar-refractivity contribution in [3.05, 3.63) is 24.3 Å². The smallest absolute Gasteiger partial charge is 0.229 e. The molecule has 0 bridgehead atoms. The van der Waals surface area contributed by atoms with Crippen LogP contribution in [-0.4, -0.2) is 19.9 Å². The second kappa shape index (κ2) is 5.31. The number of benzene rings is 1. The number of hydrogen-bond acceptors (Lipinski definition) is 3. The van der Waals surface area contributed by atoms with Gasteiger partial charge in [-0.3, -0.25) is 4.72 Å². The molecule has 1 aromatic rings. The number of nitrogens with one attached hydrogen (secondary N) is 1. The van der Waals surface area contributed by atoms with Crippen molar-refractivity contribution in [2.75, 3.05) is 11.0 Å². The first-order valence-corrected chi connectivity index (χ1v) is 8.54. The monoisotopic (exact) mass is 271 g/mol. The van der Waals surface area contributed by atoms with Crippen molar-refractivity contribution in [2.24, 2.45) is 0 Å². The first-order chi connectivity index (χ1) is 8.03. The first-order valence-electron chi connectivity index (χ1n) is 5.77. The zero-order valence-corrected chi connectivity index (χ0v) is 11.5. The lowest BCUT2D eigenvalue weighted by atomic mass is 10.3. The Morgan fingerprint density at radius 3 is 2.29 bits per heavy atom. The molecule has 17 heavy (non-hydrogen) atoms. The molecule has 0 radical (unpaired) electrons. The fourth-order valence-corrected chi connectivity index (χ4v) is 3.83. The van der Waals surface area contributed by atoms with Crippen LogP contribution in [0.25, 0.3) is 0 Å². The Balaban J connectivity index is 1.97. The van der Waals surface area contributed by atoms with Crippen LogP contribution in [-0.2, 0) is 10.0 Å². The van der Waals surface area contributed by atoms with E-state index in [1.807, 2.05) is 36.0 Å². The van der Waals surface area contributed by atoms with Gasteiger partial charge in [0.1, 0.15) is 0 Å². The van der Waals surface area contributed by atoms with Crippen molar-refractivity contribution in [2.45, 2.75) is 35.8 Å². The quantitative estimate of drug-likeness (QED) is 0.915. The van der Waals surface area contributed by atoms with Gasteiger partial charge in [-0.05, 0) is 37.1 Å². The third-order valence-corrected chi connectivity index (χ3v) is 4.72. The van der Waals surface area contributed by atoms with Gasteiger partial charge >= 0.3 is 0 Å². The van der Waals surface area contributed by atoms with Crippen LogP contribution in [0.5, 0.6) is 0 Å². The molecule has 0 amide bonds. The minimum atomic E-state index is -3.17. The Hall–Kier alpha value is -0.680. The fraction of sp³-hybridized carbons (Fsp3) is 0.500. The summed E-state index contributed by atoms with van der Waals surface area (Å²) in [7, 11) is -3.17. The van der Waals surface area contributed by atoms with Crippen molar-refractivity contribution in [3.8, 4) is 0 Å². The standard InChI is InChI=1S/C12H17NO2S2/c1-17(14,15)13-10-6-8-12(9-7-10)16-11-4-2-3-5-11/h6-9,11,13H,2-5H2,1H3. The Labute approximate surface area is 107 Å².